The Labute approximate surface area is 115 Å². The minimum absolute atomic E-state index is 0.109. The van der Waals surface area contributed by atoms with Gasteiger partial charge in [0.1, 0.15) is 11.6 Å². The van der Waals surface area contributed by atoms with Crippen LogP contribution in [0.4, 0.5) is 14.7 Å². The van der Waals surface area contributed by atoms with E-state index < -0.39 is 11.6 Å². The molecule has 3 aromatic rings. The van der Waals surface area contributed by atoms with Crippen molar-refractivity contribution in [3.05, 3.63) is 52.5 Å². The van der Waals surface area contributed by atoms with E-state index in [4.69, 9.17) is 5.73 Å². The fourth-order valence-electron chi connectivity index (χ4n) is 1.98. The van der Waals surface area contributed by atoms with Crippen molar-refractivity contribution in [2.75, 3.05) is 5.73 Å². The summed E-state index contributed by atoms with van der Waals surface area (Å²) >= 11 is 3.27. The standard InChI is InChI=1S/C13H8BrF2N3/c14-7-1-3-9(16)11(5-7)19-12-6-8(15)2-4-10(12)18-13(19)17/h1-6H,(H2,17,18). The summed E-state index contributed by atoms with van der Waals surface area (Å²) in [5.74, 6) is -0.778. The third-order valence-electron chi connectivity index (χ3n) is 2.79. The van der Waals surface area contributed by atoms with Crippen LogP contribution < -0.4 is 5.73 Å². The highest BCUT2D eigenvalue weighted by molar-refractivity contribution is 9.10. The lowest BCUT2D eigenvalue weighted by Gasteiger charge is -2.08. The molecule has 1 aromatic heterocycles. The highest BCUT2D eigenvalue weighted by Gasteiger charge is 2.14. The van der Waals surface area contributed by atoms with Crippen molar-refractivity contribution in [2.24, 2.45) is 0 Å². The molecule has 6 heteroatoms. The Bertz CT molecular complexity index is 783. The van der Waals surface area contributed by atoms with E-state index in [1.807, 2.05) is 0 Å². The summed E-state index contributed by atoms with van der Waals surface area (Å²) in [6, 6.07) is 8.53. The van der Waals surface area contributed by atoms with Gasteiger partial charge in [0.15, 0.2) is 0 Å². The van der Waals surface area contributed by atoms with Crippen molar-refractivity contribution in [1.82, 2.24) is 9.55 Å². The number of nitrogen functional groups attached to an aromatic ring is 1. The minimum atomic E-state index is -0.460. The third-order valence-corrected chi connectivity index (χ3v) is 3.28. The van der Waals surface area contributed by atoms with E-state index in [1.54, 1.807) is 12.1 Å². The molecule has 3 rings (SSSR count). The molecule has 3 nitrogen and oxygen atoms in total. The van der Waals surface area contributed by atoms with Gasteiger partial charge < -0.3 is 5.73 Å². The Kier molecular flexibility index (Phi) is 2.74. The summed E-state index contributed by atoms with van der Waals surface area (Å²) in [4.78, 5) is 4.09. The van der Waals surface area contributed by atoms with Gasteiger partial charge >= 0.3 is 0 Å². The van der Waals surface area contributed by atoms with E-state index in [0.29, 0.717) is 15.5 Å². The van der Waals surface area contributed by atoms with E-state index in [0.717, 1.165) is 0 Å². The highest BCUT2D eigenvalue weighted by Crippen LogP contribution is 2.27. The second kappa shape index (κ2) is 4.31. The van der Waals surface area contributed by atoms with Gasteiger partial charge in [0.2, 0.25) is 5.95 Å². The van der Waals surface area contributed by atoms with Gasteiger partial charge in [-0.05, 0) is 30.3 Å². The SMILES string of the molecule is Nc1nc2ccc(F)cc2n1-c1cc(Br)ccc1F. The Morgan fingerprint density at radius 3 is 2.68 bits per heavy atom. The number of anilines is 1. The van der Waals surface area contributed by atoms with Gasteiger partial charge in [-0.15, -0.1) is 0 Å². The molecule has 0 atom stereocenters. The van der Waals surface area contributed by atoms with Crippen molar-refractivity contribution >= 4 is 32.9 Å². The van der Waals surface area contributed by atoms with Crippen molar-refractivity contribution < 1.29 is 8.78 Å². The molecule has 0 aliphatic heterocycles. The molecule has 0 saturated carbocycles. The maximum Gasteiger partial charge on any atom is 0.206 e. The van der Waals surface area contributed by atoms with Gasteiger partial charge in [0.05, 0.1) is 16.7 Å². The van der Waals surface area contributed by atoms with Crippen molar-refractivity contribution in [3.63, 3.8) is 0 Å². The molecule has 2 aromatic carbocycles. The topological polar surface area (TPSA) is 43.8 Å². The molecule has 0 radical (unpaired) electrons. The highest BCUT2D eigenvalue weighted by atomic mass is 79.9. The number of fused-ring (bicyclic) bond motifs is 1. The molecule has 0 bridgehead atoms. The number of hydrogen-bond acceptors (Lipinski definition) is 2. The zero-order valence-corrected chi connectivity index (χ0v) is 11.2. The molecule has 19 heavy (non-hydrogen) atoms. The summed E-state index contributed by atoms with van der Waals surface area (Å²) in [7, 11) is 0. The summed E-state index contributed by atoms with van der Waals surface area (Å²) in [5, 5.41) is 0. The summed E-state index contributed by atoms with van der Waals surface area (Å²) < 4.78 is 29.3. The summed E-state index contributed by atoms with van der Waals surface area (Å²) in [6.45, 7) is 0. The van der Waals surface area contributed by atoms with Crippen molar-refractivity contribution in [3.8, 4) is 5.69 Å². The van der Waals surface area contributed by atoms with Gasteiger partial charge in [-0.2, -0.15) is 0 Å². The lowest BCUT2D eigenvalue weighted by molar-refractivity contribution is 0.618. The first-order chi connectivity index (χ1) is 9.06. The van der Waals surface area contributed by atoms with Crippen molar-refractivity contribution in [2.45, 2.75) is 0 Å². The van der Waals surface area contributed by atoms with Crippen molar-refractivity contribution in [1.29, 1.82) is 0 Å². The molecule has 2 N–H and O–H groups in total. The van der Waals surface area contributed by atoms with E-state index >= 15 is 0 Å². The van der Waals surface area contributed by atoms with Crippen LogP contribution in [0.3, 0.4) is 0 Å². The largest absolute Gasteiger partial charge is 0.369 e. The smallest absolute Gasteiger partial charge is 0.206 e. The molecular formula is C13H8BrF2N3. The first-order valence-corrected chi connectivity index (χ1v) is 6.24. The maximum atomic E-state index is 13.9. The number of rotatable bonds is 1. The predicted molar refractivity (Wildman–Crippen MR) is 73.1 cm³/mol. The van der Waals surface area contributed by atoms with Crippen LogP contribution in [0.1, 0.15) is 0 Å². The molecule has 0 saturated heterocycles. The van der Waals surface area contributed by atoms with Crippen LogP contribution >= 0.6 is 15.9 Å². The molecule has 0 aliphatic carbocycles. The average molecular weight is 324 g/mol. The summed E-state index contributed by atoms with van der Waals surface area (Å²) in [5.41, 5.74) is 6.96. The second-order valence-electron chi connectivity index (χ2n) is 4.03. The number of imidazole rings is 1. The van der Waals surface area contributed by atoms with Crippen LogP contribution in [-0.4, -0.2) is 9.55 Å². The summed E-state index contributed by atoms with van der Waals surface area (Å²) in [6.07, 6.45) is 0. The number of nitrogens with zero attached hydrogens (tertiary/aromatic N) is 2. The van der Waals surface area contributed by atoms with Crippen LogP contribution in [0, 0.1) is 11.6 Å². The third kappa shape index (κ3) is 1.98. The van der Waals surface area contributed by atoms with Gasteiger partial charge in [0.25, 0.3) is 0 Å². The fraction of sp³-hybridized carbons (Fsp3) is 0. The monoisotopic (exact) mass is 323 g/mol. The lowest BCUT2D eigenvalue weighted by atomic mass is 10.2. The van der Waals surface area contributed by atoms with E-state index in [-0.39, 0.29) is 11.6 Å². The average Bonchev–Trinajstić information content (AvgIpc) is 2.68. The molecular weight excluding hydrogens is 316 g/mol. The normalized spacial score (nSPS) is 11.1. The van der Waals surface area contributed by atoms with Crippen LogP contribution in [0.25, 0.3) is 16.7 Å². The van der Waals surface area contributed by atoms with Crippen LogP contribution in [-0.2, 0) is 0 Å². The van der Waals surface area contributed by atoms with Gasteiger partial charge in [-0.25, -0.2) is 13.8 Å². The number of hydrogen-bond donors (Lipinski definition) is 1. The number of aromatic nitrogens is 2. The van der Waals surface area contributed by atoms with Crippen LogP contribution in [0.2, 0.25) is 0 Å². The quantitative estimate of drug-likeness (QED) is 0.742. The molecule has 0 fully saturated rings. The lowest BCUT2D eigenvalue weighted by Crippen LogP contribution is -2.03. The molecule has 0 amide bonds. The molecule has 0 spiro atoms. The molecule has 96 valence electrons. The minimum Gasteiger partial charge on any atom is -0.369 e. The maximum absolute atomic E-state index is 13.9. The van der Waals surface area contributed by atoms with E-state index in [9.17, 15) is 8.78 Å². The second-order valence-corrected chi connectivity index (χ2v) is 4.95. The van der Waals surface area contributed by atoms with Crippen LogP contribution in [0.15, 0.2) is 40.9 Å². The fourth-order valence-corrected chi connectivity index (χ4v) is 2.33. The Morgan fingerprint density at radius 2 is 1.89 bits per heavy atom. The van der Waals surface area contributed by atoms with E-state index in [1.165, 1.54) is 28.8 Å². The van der Waals surface area contributed by atoms with Gasteiger partial charge in [0, 0.05) is 10.5 Å². The zero-order valence-electron chi connectivity index (χ0n) is 9.57. The number of benzene rings is 2. The Hall–Kier alpha value is -1.95. The zero-order chi connectivity index (χ0) is 13.6. The van der Waals surface area contributed by atoms with Crippen LogP contribution in [0.5, 0.6) is 0 Å². The van der Waals surface area contributed by atoms with E-state index in [2.05, 4.69) is 20.9 Å². The molecule has 1 heterocycles. The number of halogens is 3. The Morgan fingerprint density at radius 1 is 1.11 bits per heavy atom. The van der Waals surface area contributed by atoms with Gasteiger partial charge in [-0.3, -0.25) is 4.57 Å². The molecule has 0 aliphatic rings. The predicted octanol–water partition coefficient (Wildman–Crippen LogP) is 3.65. The first-order valence-electron chi connectivity index (χ1n) is 5.45. The molecule has 0 unspecified atom stereocenters. The first kappa shape index (κ1) is 12.1. The Balaban J connectivity index is 2.38. The number of nitrogens with two attached hydrogens (primary N) is 1. The van der Waals surface area contributed by atoms with Gasteiger partial charge in [-0.1, -0.05) is 15.9 Å².